The Morgan fingerprint density at radius 2 is 1.63 bits per heavy atom. The molecule has 2 aromatic rings. The lowest BCUT2D eigenvalue weighted by atomic mass is 9.96. The van der Waals surface area contributed by atoms with Gasteiger partial charge in [0.25, 0.3) is 0 Å². The molecule has 2 aromatic carbocycles. The maximum atomic E-state index is 12.4. The molecule has 0 aromatic heterocycles. The van der Waals surface area contributed by atoms with Crippen LogP contribution in [-0.4, -0.2) is 60.7 Å². The maximum absolute atomic E-state index is 12.4. The molecule has 1 aliphatic heterocycles. The SMILES string of the molecule is COC1O[C@H](CO)[C@@H](O)[C@H](OCc2ccccc2)[C@H]1NC(=O)OCc1ccccc1. The quantitative estimate of drug-likeness (QED) is 0.599. The van der Waals surface area contributed by atoms with Crippen LogP contribution in [0.3, 0.4) is 0 Å². The van der Waals surface area contributed by atoms with Crippen LogP contribution >= 0.6 is 0 Å². The molecule has 0 radical (unpaired) electrons. The summed E-state index contributed by atoms with van der Waals surface area (Å²) >= 11 is 0. The average molecular weight is 417 g/mol. The van der Waals surface area contributed by atoms with Gasteiger partial charge in [-0.1, -0.05) is 60.7 Å². The fraction of sp³-hybridized carbons (Fsp3) is 0.409. The van der Waals surface area contributed by atoms with Gasteiger partial charge in [-0.3, -0.25) is 0 Å². The summed E-state index contributed by atoms with van der Waals surface area (Å²) in [6.45, 7) is -0.124. The molecular weight excluding hydrogens is 390 g/mol. The van der Waals surface area contributed by atoms with Gasteiger partial charge in [-0.05, 0) is 11.1 Å². The van der Waals surface area contributed by atoms with E-state index >= 15 is 0 Å². The van der Waals surface area contributed by atoms with Crippen LogP contribution in [0.4, 0.5) is 4.79 Å². The summed E-state index contributed by atoms with van der Waals surface area (Å²) in [5, 5.41) is 22.9. The third-order valence-corrected chi connectivity index (χ3v) is 4.87. The molecule has 8 nitrogen and oxygen atoms in total. The summed E-state index contributed by atoms with van der Waals surface area (Å²) in [5.74, 6) is 0. The number of rotatable bonds is 8. The molecule has 3 N–H and O–H groups in total. The van der Waals surface area contributed by atoms with Gasteiger partial charge in [0.15, 0.2) is 6.29 Å². The van der Waals surface area contributed by atoms with Gasteiger partial charge in [-0.2, -0.15) is 0 Å². The van der Waals surface area contributed by atoms with Gasteiger partial charge >= 0.3 is 6.09 Å². The lowest BCUT2D eigenvalue weighted by molar-refractivity contribution is -0.271. The maximum Gasteiger partial charge on any atom is 0.407 e. The van der Waals surface area contributed by atoms with Crippen molar-refractivity contribution in [2.24, 2.45) is 0 Å². The summed E-state index contributed by atoms with van der Waals surface area (Å²) in [6.07, 6.45) is -4.60. The summed E-state index contributed by atoms with van der Waals surface area (Å²) in [7, 11) is 1.41. The fourth-order valence-electron chi connectivity index (χ4n) is 3.29. The number of ether oxygens (including phenoxy) is 4. The van der Waals surface area contributed by atoms with Crippen molar-refractivity contribution in [1.82, 2.24) is 5.32 Å². The minimum Gasteiger partial charge on any atom is -0.445 e. The van der Waals surface area contributed by atoms with E-state index in [1.165, 1.54) is 7.11 Å². The Morgan fingerprint density at radius 1 is 1.03 bits per heavy atom. The third kappa shape index (κ3) is 5.78. The molecule has 0 spiro atoms. The smallest absolute Gasteiger partial charge is 0.407 e. The highest BCUT2D eigenvalue weighted by Gasteiger charge is 2.47. The normalized spacial score (nSPS) is 26.2. The zero-order valence-electron chi connectivity index (χ0n) is 16.7. The van der Waals surface area contributed by atoms with E-state index in [2.05, 4.69) is 5.32 Å². The Kier molecular flexibility index (Phi) is 8.18. The van der Waals surface area contributed by atoms with Crippen molar-refractivity contribution in [2.75, 3.05) is 13.7 Å². The van der Waals surface area contributed by atoms with Crippen molar-refractivity contribution >= 4 is 6.09 Å². The van der Waals surface area contributed by atoms with E-state index in [0.29, 0.717) is 0 Å². The van der Waals surface area contributed by atoms with Gasteiger partial charge in [0.1, 0.15) is 31.0 Å². The number of nitrogens with one attached hydrogen (secondary N) is 1. The van der Waals surface area contributed by atoms with Crippen LogP contribution in [0.5, 0.6) is 0 Å². The second kappa shape index (κ2) is 11.1. The molecule has 3 rings (SSSR count). The number of carbonyl (C=O) groups excluding carboxylic acids is 1. The molecule has 1 aliphatic rings. The minimum absolute atomic E-state index is 0.0925. The number of benzene rings is 2. The van der Waals surface area contributed by atoms with Crippen molar-refractivity contribution in [1.29, 1.82) is 0 Å². The summed E-state index contributed by atoms with van der Waals surface area (Å²) in [6, 6.07) is 17.8. The number of hydrogen-bond acceptors (Lipinski definition) is 7. The van der Waals surface area contributed by atoms with Crippen molar-refractivity contribution in [3.05, 3.63) is 71.8 Å². The first kappa shape index (κ1) is 22.2. The highest BCUT2D eigenvalue weighted by atomic mass is 16.7. The molecule has 1 fully saturated rings. The van der Waals surface area contributed by atoms with Crippen molar-refractivity contribution in [2.45, 2.75) is 43.9 Å². The lowest BCUT2D eigenvalue weighted by Gasteiger charge is -2.43. The largest absolute Gasteiger partial charge is 0.445 e. The van der Waals surface area contributed by atoms with Gasteiger partial charge in [-0.15, -0.1) is 0 Å². The molecule has 0 aliphatic carbocycles. The van der Waals surface area contributed by atoms with Gasteiger partial charge in [0.2, 0.25) is 0 Å². The second-order valence-electron chi connectivity index (χ2n) is 6.94. The number of hydrogen-bond donors (Lipinski definition) is 3. The van der Waals surface area contributed by atoms with Crippen molar-refractivity contribution in [3.63, 3.8) is 0 Å². The lowest BCUT2D eigenvalue weighted by Crippen LogP contribution is -2.65. The van der Waals surface area contributed by atoms with E-state index in [1.807, 2.05) is 60.7 Å². The van der Waals surface area contributed by atoms with Crippen LogP contribution in [0, 0.1) is 0 Å². The van der Waals surface area contributed by atoms with Crippen LogP contribution in [0.1, 0.15) is 11.1 Å². The zero-order valence-corrected chi connectivity index (χ0v) is 16.7. The second-order valence-corrected chi connectivity index (χ2v) is 6.94. The topological polar surface area (TPSA) is 106 Å². The first-order valence-electron chi connectivity index (χ1n) is 9.72. The van der Waals surface area contributed by atoms with Gasteiger partial charge in [0, 0.05) is 7.11 Å². The monoisotopic (exact) mass is 417 g/mol. The van der Waals surface area contributed by atoms with Gasteiger partial charge in [0.05, 0.1) is 13.2 Å². The molecule has 0 saturated carbocycles. The summed E-state index contributed by atoms with van der Waals surface area (Å²) < 4.78 is 22.1. The predicted octanol–water partition coefficient (Wildman–Crippen LogP) is 1.59. The molecule has 1 unspecified atom stereocenters. The molecule has 162 valence electrons. The highest BCUT2D eigenvalue weighted by molar-refractivity contribution is 5.67. The van der Waals surface area contributed by atoms with Crippen molar-refractivity contribution in [3.8, 4) is 0 Å². The fourth-order valence-corrected chi connectivity index (χ4v) is 3.29. The molecule has 5 atom stereocenters. The summed E-state index contributed by atoms with van der Waals surface area (Å²) in [5.41, 5.74) is 1.74. The van der Waals surface area contributed by atoms with Crippen LogP contribution in [0.2, 0.25) is 0 Å². The van der Waals surface area contributed by atoms with Crippen LogP contribution in [-0.2, 0) is 32.2 Å². The van der Waals surface area contributed by atoms with E-state index in [9.17, 15) is 15.0 Å². The first-order chi connectivity index (χ1) is 14.6. The van der Waals surface area contributed by atoms with Crippen LogP contribution in [0.25, 0.3) is 0 Å². The van der Waals surface area contributed by atoms with Crippen molar-refractivity contribution < 1.29 is 34.0 Å². The van der Waals surface area contributed by atoms with Crippen LogP contribution < -0.4 is 5.32 Å². The zero-order chi connectivity index (χ0) is 21.3. The molecule has 0 bridgehead atoms. The van der Waals surface area contributed by atoms with E-state index in [-0.39, 0.29) is 13.2 Å². The number of methoxy groups -OCH3 is 1. The number of amides is 1. The van der Waals surface area contributed by atoms with Crippen LogP contribution in [0.15, 0.2) is 60.7 Å². The van der Waals surface area contributed by atoms with E-state index in [1.54, 1.807) is 0 Å². The molecule has 1 heterocycles. The summed E-state index contributed by atoms with van der Waals surface area (Å²) in [4.78, 5) is 12.4. The predicted molar refractivity (Wildman–Crippen MR) is 107 cm³/mol. The average Bonchev–Trinajstić information content (AvgIpc) is 2.79. The Morgan fingerprint density at radius 3 is 2.20 bits per heavy atom. The standard InChI is InChI=1S/C22H27NO7/c1-27-21-18(23-22(26)29-14-16-10-6-3-7-11-16)20(19(25)17(12-24)30-21)28-13-15-8-4-2-5-9-15/h2-11,17-21,24-25H,12-14H2,1H3,(H,23,26)/t17-,18-,19-,20-,21?/m1/s1. The molecule has 1 amide bonds. The number of aliphatic hydroxyl groups is 2. The third-order valence-electron chi connectivity index (χ3n) is 4.87. The molecular formula is C22H27NO7. The molecule has 8 heteroatoms. The number of aliphatic hydroxyl groups excluding tert-OH is 2. The molecule has 1 saturated heterocycles. The Labute approximate surface area is 175 Å². The Balaban J connectivity index is 1.68. The molecule has 30 heavy (non-hydrogen) atoms. The van der Waals surface area contributed by atoms with E-state index < -0.39 is 43.3 Å². The van der Waals surface area contributed by atoms with Gasteiger partial charge < -0.3 is 34.5 Å². The number of alkyl carbamates (subject to hydrolysis) is 1. The number of carbonyl (C=O) groups is 1. The highest BCUT2D eigenvalue weighted by Crippen LogP contribution is 2.25. The Bertz CT molecular complexity index is 774. The van der Waals surface area contributed by atoms with E-state index in [0.717, 1.165) is 11.1 Å². The minimum atomic E-state index is -1.18. The van der Waals surface area contributed by atoms with Gasteiger partial charge in [-0.25, -0.2) is 4.79 Å². The Hall–Kier alpha value is -2.49. The van der Waals surface area contributed by atoms with E-state index in [4.69, 9.17) is 18.9 Å². The first-order valence-corrected chi connectivity index (χ1v) is 9.72.